The highest BCUT2D eigenvalue weighted by Gasteiger charge is 2.34. The number of rotatable bonds is 2. The van der Waals surface area contributed by atoms with Crippen LogP contribution in [0.15, 0.2) is 40.2 Å². The number of anilines is 1. The van der Waals surface area contributed by atoms with Crippen LogP contribution in [0.4, 0.5) is 5.82 Å². The quantitative estimate of drug-likeness (QED) is 0.468. The molecule has 26 heavy (non-hydrogen) atoms. The zero-order valence-corrected chi connectivity index (χ0v) is 16.9. The van der Waals surface area contributed by atoms with E-state index in [0.717, 1.165) is 36.9 Å². The molecular formula is C18H13BrN4OS2. The van der Waals surface area contributed by atoms with Gasteiger partial charge in [-0.3, -0.25) is 4.79 Å². The Balaban J connectivity index is 1.69. The molecule has 1 aliphatic rings. The summed E-state index contributed by atoms with van der Waals surface area (Å²) in [5, 5.41) is 10.6. The number of carbonyl (C=O) groups is 1. The molecule has 1 aromatic carbocycles. The summed E-state index contributed by atoms with van der Waals surface area (Å²) >= 11 is 6.75. The van der Waals surface area contributed by atoms with Gasteiger partial charge in [-0.25, -0.2) is 4.98 Å². The fraction of sp³-hybridized carbons (Fsp3) is 0.167. The summed E-state index contributed by atoms with van der Waals surface area (Å²) in [6.45, 7) is 2.00. The van der Waals surface area contributed by atoms with Gasteiger partial charge in [0.25, 0.3) is 0 Å². The Hall–Kier alpha value is -2.03. The Morgan fingerprint density at radius 3 is 2.96 bits per heavy atom. The molecule has 0 unspecified atom stereocenters. The zero-order chi connectivity index (χ0) is 17.8. The van der Waals surface area contributed by atoms with Crippen LogP contribution in [0.3, 0.4) is 0 Å². The Morgan fingerprint density at radius 2 is 2.19 bits per heavy atom. The van der Waals surface area contributed by atoms with Crippen molar-refractivity contribution in [3.8, 4) is 5.13 Å². The van der Waals surface area contributed by atoms with E-state index in [4.69, 9.17) is 10.1 Å². The molecule has 0 spiro atoms. The molecule has 0 radical (unpaired) electrons. The van der Waals surface area contributed by atoms with E-state index in [9.17, 15) is 4.79 Å². The van der Waals surface area contributed by atoms with Gasteiger partial charge < -0.3 is 5.32 Å². The number of thiazole rings is 1. The lowest BCUT2D eigenvalue weighted by Gasteiger charge is -2.22. The lowest BCUT2D eigenvalue weighted by Crippen LogP contribution is -2.24. The molecule has 0 aliphatic carbocycles. The van der Waals surface area contributed by atoms with E-state index in [1.165, 1.54) is 4.88 Å². The van der Waals surface area contributed by atoms with E-state index >= 15 is 0 Å². The second-order valence-corrected chi connectivity index (χ2v) is 9.06. The number of nitrogens with zero attached hydrogens (tertiary/aromatic N) is 3. The number of nitrogens with one attached hydrogen (secondary N) is 1. The van der Waals surface area contributed by atoms with Gasteiger partial charge in [-0.15, -0.1) is 11.3 Å². The zero-order valence-electron chi connectivity index (χ0n) is 13.7. The lowest BCUT2D eigenvalue weighted by molar-refractivity contribution is -0.116. The first-order chi connectivity index (χ1) is 12.6. The lowest BCUT2D eigenvalue weighted by atomic mass is 9.91. The van der Waals surface area contributed by atoms with E-state index in [1.807, 2.05) is 31.2 Å². The van der Waals surface area contributed by atoms with Gasteiger partial charge in [0.2, 0.25) is 11.0 Å². The molecule has 3 aromatic heterocycles. The van der Waals surface area contributed by atoms with Crippen LogP contribution in [0.2, 0.25) is 0 Å². The second kappa shape index (κ2) is 6.00. The number of fused-ring (bicyclic) bond motifs is 2. The number of hydrogen-bond acceptors (Lipinski definition) is 5. The average Bonchev–Trinajstić information content (AvgIpc) is 3.31. The normalized spacial score (nSPS) is 16.7. The smallest absolute Gasteiger partial charge is 0.226 e. The molecule has 5 rings (SSSR count). The van der Waals surface area contributed by atoms with E-state index in [-0.39, 0.29) is 11.8 Å². The molecule has 1 atom stereocenters. The van der Waals surface area contributed by atoms with Gasteiger partial charge in [0.15, 0.2) is 0 Å². The van der Waals surface area contributed by atoms with Crippen molar-refractivity contribution in [1.82, 2.24) is 14.8 Å². The average molecular weight is 445 g/mol. The van der Waals surface area contributed by atoms with Gasteiger partial charge in [0, 0.05) is 32.6 Å². The summed E-state index contributed by atoms with van der Waals surface area (Å²) < 4.78 is 3.92. The molecule has 1 N–H and O–H groups in total. The molecule has 0 saturated heterocycles. The van der Waals surface area contributed by atoms with Crippen LogP contribution in [0.5, 0.6) is 0 Å². The van der Waals surface area contributed by atoms with Crippen LogP contribution >= 0.6 is 38.6 Å². The van der Waals surface area contributed by atoms with E-state index < -0.39 is 0 Å². The number of hydrogen-bond donors (Lipinski definition) is 1. The maximum atomic E-state index is 12.4. The monoisotopic (exact) mass is 444 g/mol. The van der Waals surface area contributed by atoms with Crippen LogP contribution in [0.1, 0.15) is 28.5 Å². The van der Waals surface area contributed by atoms with Crippen molar-refractivity contribution < 1.29 is 4.79 Å². The molecule has 4 heterocycles. The minimum atomic E-state index is 0.00860. The number of aryl methyl sites for hydroxylation is 1. The first-order valence-electron chi connectivity index (χ1n) is 8.09. The maximum Gasteiger partial charge on any atom is 0.226 e. The van der Waals surface area contributed by atoms with Crippen molar-refractivity contribution in [2.45, 2.75) is 19.3 Å². The Morgan fingerprint density at radius 1 is 1.35 bits per heavy atom. The van der Waals surface area contributed by atoms with E-state index in [0.29, 0.717) is 6.42 Å². The highest BCUT2D eigenvalue weighted by molar-refractivity contribution is 9.10. The van der Waals surface area contributed by atoms with Crippen molar-refractivity contribution >= 4 is 60.5 Å². The summed E-state index contributed by atoms with van der Waals surface area (Å²) in [4.78, 5) is 18.3. The third-order valence-electron chi connectivity index (χ3n) is 4.50. The van der Waals surface area contributed by atoms with Crippen molar-refractivity contribution in [3.05, 3.63) is 56.3 Å². The highest BCUT2D eigenvalue weighted by Crippen LogP contribution is 2.43. The molecule has 5 nitrogen and oxygen atoms in total. The van der Waals surface area contributed by atoms with Gasteiger partial charge in [-0.05, 0) is 41.1 Å². The minimum Gasteiger partial charge on any atom is -0.310 e. The predicted octanol–water partition coefficient (Wildman–Crippen LogP) is 5.09. The van der Waals surface area contributed by atoms with Crippen molar-refractivity contribution in [2.24, 2.45) is 0 Å². The molecule has 1 amide bonds. The summed E-state index contributed by atoms with van der Waals surface area (Å²) in [5.41, 5.74) is 2.95. The fourth-order valence-electron chi connectivity index (χ4n) is 3.39. The van der Waals surface area contributed by atoms with Gasteiger partial charge in [-0.2, -0.15) is 9.78 Å². The Bertz CT molecular complexity index is 1130. The fourth-order valence-corrected chi connectivity index (χ4v) is 5.87. The van der Waals surface area contributed by atoms with Gasteiger partial charge in [0.1, 0.15) is 5.82 Å². The number of para-hydroxylation sites is 1. The third kappa shape index (κ3) is 2.52. The SMILES string of the molecule is Cc1nn(-c2nc3ccccc3s2)c2c1[C@@H](c1cc(Br)cs1)CC(=O)N2. The molecule has 4 aromatic rings. The van der Waals surface area contributed by atoms with E-state index in [2.05, 4.69) is 32.7 Å². The predicted molar refractivity (Wildman–Crippen MR) is 109 cm³/mol. The first kappa shape index (κ1) is 16.2. The molecule has 1 aliphatic heterocycles. The molecule has 130 valence electrons. The number of thiophene rings is 1. The van der Waals surface area contributed by atoms with Gasteiger partial charge >= 0.3 is 0 Å². The second-order valence-electron chi connectivity index (χ2n) is 6.20. The molecule has 0 saturated carbocycles. The van der Waals surface area contributed by atoms with Gasteiger partial charge in [0.05, 0.1) is 15.9 Å². The molecular weight excluding hydrogens is 432 g/mol. The standard InChI is InChI=1S/C18H13BrN4OS2/c1-9-16-11(14-6-10(19)8-25-14)7-15(24)21-17(16)23(22-9)18-20-12-4-2-3-5-13(12)26-18/h2-6,8,11H,7H2,1H3,(H,21,24)/t11-/m1/s1. The highest BCUT2D eigenvalue weighted by atomic mass is 79.9. The largest absolute Gasteiger partial charge is 0.310 e. The summed E-state index contributed by atoms with van der Waals surface area (Å²) in [7, 11) is 0. The summed E-state index contributed by atoms with van der Waals surface area (Å²) in [6.07, 6.45) is 0.437. The third-order valence-corrected chi connectivity index (χ3v) is 7.32. The summed E-state index contributed by atoms with van der Waals surface area (Å²) in [5.74, 6) is 0.778. The minimum absolute atomic E-state index is 0.00860. The van der Waals surface area contributed by atoms with Crippen molar-refractivity contribution in [3.63, 3.8) is 0 Å². The number of carbonyl (C=O) groups excluding carboxylic acids is 1. The van der Waals surface area contributed by atoms with Crippen LogP contribution in [-0.2, 0) is 4.79 Å². The summed E-state index contributed by atoms with van der Waals surface area (Å²) in [6, 6.07) is 10.1. The first-order valence-corrected chi connectivity index (χ1v) is 10.6. The molecule has 8 heteroatoms. The Labute approximate surface area is 165 Å². The molecule has 0 bridgehead atoms. The van der Waals surface area contributed by atoms with Crippen LogP contribution in [0.25, 0.3) is 15.3 Å². The van der Waals surface area contributed by atoms with Crippen LogP contribution in [0, 0.1) is 6.92 Å². The molecule has 0 fully saturated rings. The number of halogens is 1. The van der Waals surface area contributed by atoms with Gasteiger partial charge in [-0.1, -0.05) is 23.5 Å². The van der Waals surface area contributed by atoms with E-state index in [1.54, 1.807) is 27.4 Å². The topological polar surface area (TPSA) is 59.8 Å². The number of benzene rings is 1. The van der Waals surface area contributed by atoms with Crippen molar-refractivity contribution in [1.29, 1.82) is 0 Å². The maximum absolute atomic E-state index is 12.4. The number of aromatic nitrogens is 3. The van der Waals surface area contributed by atoms with Crippen molar-refractivity contribution in [2.75, 3.05) is 5.32 Å². The van der Waals surface area contributed by atoms with Crippen LogP contribution < -0.4 is 5.32 Å². The number of amides is 1. The Kier molecular flexibility index (Phi) is 3.73. The van der Waals surface area contributed by atoms with Crippen LogP contribution in [-0.4, -0.2) is 20.7 Å².